The second kappa shape index (κ2) is 6.42. The number of hydrogen-bond acceptors (Lipinski definition) is 2. The molecule has 0 spiro atoms. The Bertz CT molecular complexity index is 358. The monoisotopic (exact) mass is 228 g/mol. The average molecular weight is 228 g/mol. The highest BCUT2D eigenvalue weighted by atomic mass is 15.1. The van der Waals surface area contributed by atoms with E-state index in [1.54, 1.807) is 0 Å². The molecule has 1 aromatic rings. The molecule has 2 nitrogen and oxygen atoms in total. The lowest BCUT2D eigenvalue weighted by Crippen LogP contribution is -2.33. The van der Waals surface area contributed by atoms with E-state index in [0.717, 1.165) is 18.9 Å². The van der Waals surface area contributed by atoms with Gasteiger partial charge in [-0.25, -0.2) is 0 Å². The molecule has 1 heterocycles. The molecule has 2 heteroatoms. The standard InChI is InChI=1S/C15H20N2/c16-10-4-5-11-17-12-8-15(9-13-17)14-6-2-1-3-7-14/h1-3,6-7,15H,4-5,8-9,11-13H2. The maximum Gasteiger partial charge on any atom is 0.0622 e. The molecule has 17 heavy (non-hydrogen) atoms. The van der Waals surface area contributed by atoms with E-state index in [9.17, 15) is 0 Å². The fraction of sp³-hybridized carbons (Fsp3) is 0.533. The maximum absolute atomic E-state index is 8.52. The van der Waals surface area contributed by atoms with Crippen LogP contribution in [0.2, 0.25) is 0 Å². The predicted octanol–water partition coefficient (Wildman–Crippen LogP) is 3.17. The van der Waals surface area contributed by atoms with Gasteiger partial charge in [-0.15, -0.1) is 0 Å². The van der Waals surface area contributed by atoms with E-state index in [0.29, 0.717) is 6.42 Å². The van der Waals surface area contributed by atoms with Gasteiger partial charge in [-0.1, -0.05) is 30.3 Å². The van der Waals surface area contributed by atoms with E-state index in [1.165, 1.54) is 31.5 Å². The third-order valence-electron chi connectivity index (χ3n) is 3.62. The van der Waals surface area contributed by atoms with Gasteiger partial charge in [-0.05, 0) is 50.4 Å². The molecule has 1 aliphatic rings. The number of likely N-dealkylation sites (tertiary alicyclic amines) is 1. The third kappa shape index (κ3) is 3.57. The van der Waals surface area contributed by atoms with Crippen LogP contribution in [0.5, 0.6) is 0 Å². The van der Waals surface area contributed by atoms with Crippen molar-refractivity contribution < 1.29 is 0 Å². The molecule has 1 fully saturated rings. The summed E-state index contributed by atoms with van der Waals surface area (Å²) in [6, 6.07) is 13.1. The van der Waals surface area contributed by atoms with Crippen LogP contribution in [0.1, 0.15) is 37.2 Å². The van der Waals surface area contributed by atoms with Crippen LogP contribution in [0.15, 0.2) is 30.3 Å². The zero-order valence-corrected chi connectivity index (χ0v) is 10.3. The van der Waals surface area contributed by atoms with Crippen molar-refractivity contribution in [1.82, 2.24) is 4.90 Å². The lowest BCUT2D eigenvalue weighted by molar-refractivity contribution is 0.211. The second-order valence-corrected chi connectivity index (χ2v) is 4.79. The summed E-state index contributed by atoms with van der Waals surface area (Å²) < 4.78 is 0. The van der Waals surface area contributed by atoms with Gasteiger partial charge in [0.1, 0.15) is 0 Å². The molecule has 0 saturated carbocycles. The van der Waals surface area contributed by atoms with Gasteiger partial charge in [0.15, 0.2) is 0 Å². The summed E-state index contributed by atoms with van der Waals surface area (Å²) >= 11 is 0. The van der Waals surface area contributed by atoms with Crippen LogP contribution >= 0.6 is 0 Å². The van der Waals surface area contributed by atoms with Crippen molar-refractivity contribution in [2.75, 3.05) is 19.6 Å². The Labute approximate surface area is 104 Å². The summed E-state index contributed by atoms with van der Waals surface area (Å²) in [6.07, 6.45) is 4.23. The van der Waals surface area contributed by atoms with Crippen molar-refractivity contribution in [1.29, 1.82) is 5.26 Å². The number of benzene rings is 1. The highest BCUT2D eigenvalue weighted by molar-refractivity contribution is 5.19. The van der Waals surface area contributed by atoms with Gasteiger partial charge in [-0.3, -0.25) is 0 Å². The summed E-state index contributed by atoms with van der Waals surface area (Å²) in [6.45, 7) is 3.46. The van der Waals surface area contributed by atoms with E-state index in [4.69, 9.17) is 5.26 Å². The molecule has 2 rings (SSSR count). The molecule has 0 N–H and O–H groups in total. The van der Waals surface area contributed by atoms with Gasteiger partial charge in [0.25, 0.3) is 0 Å². The van der Waals surface area contributed by atoms with E-state index in [-0.39, 0.29) is 0 Å². The first-order valence-electron chi connectivity index (χ1n) is 6.54. The fourth-order valence-corrected chi connectivity index (χ4v) is 2.60. The first-order valence-corrected chi connectivity index (χ1v) is 6.54. The smallest absolute Gasteiger partial charge is 0.0622 e. The highest BCUT2D eigenvalue weighted by Gasteiger charge is 2.19. The minimum absolute atomic E-state index is 0.693. The average Bonchev–Trinajstić information content (AvgIpc) is 2.41. The van der Waals surface area contributed by atoms with E-state index in [1.807, 2.05) is 0 Å². The molecule has 90 valence electrons. The Morgan fingerprint density at radius 1 is 1.18 bits per heavy atom. The zero-order valence-electron chi connectivity index (χ0n) is 10.3. The summed E-state index contributed by atoms with van der Waals surface area (Å²) in [5.74, 6) is 0.739. The lowest BCUT2D eigenvalue weighted by Gasteiger charge is -2.32. The van der Waals surface area contributed by atoms with E-state index < -0.39 is 0 Å². The number of unbranched alkanes of at least 4 members (excludes halogenated alkanes) is 1. The van der Waals surface area contributed by atoms with Crippen LogP contribution in [-0.2, 0) is 0 Å². The lowest BCUT2D eigenvalue weighted by atomic mass is 9.89. The van der Waals surface area contributed by atoms with E-state index >= 15 is 0 Å². The van der Waals surface area contributed by atoms with Gasteiger partial charge in [0.2, 0.25) is 0 Å². The van der Waals surface area contributed by atoms with Gasteiger partial charge in [0, 0.05) is 6.42 Å². The number of rotatable bonds is 4. The first-order chi connectivity index (χ1) is 8.40. The summed E-state index contributed by atoms with van der Waals surface area (Å²) in [5, 5.41) is 8.52. The highest BCUT2D eigenvalue weighted by Crippen LogP contribution is 2.27. The van der Waals surface area contributed by atoms with Gasteiger partial charge < -0.3 is 4.90 Å². The fourth-order valence-electron chi connectivity index (χ4n) is 2.60. The first kappa shape index (κ1) is 12.1. The number of nitrogens with zero attached hydrogens (tertiary/aromatic N) is 2. The largest absolute Gasteiger partial charge is 0.303 e. The molecule has 0 aliphatic carbocycles. The quantitative estimate of drug-likeness (QED) is 0.740. The summed E-state index contributed by atoms with van der Waals surface area (Å²) in [7, 11) is 0. The Kier molecular flexibility index (Phi) is 4.58. The minimum Gasteiger partial charge on any atom is -0.303 e. The molecule has 1 saturated heterocycles. The Morgan fingerprint density at radius 3 is 2.53 bits per heavy atom. The van der Waals surface area contributed by atoms with Crippen LogP contribution in [-0.4, -0.2) is 24.5 Å². The van der Waals surface area contributed by atoms with Crippen molar-refractivity contribution in [3.05, 3.63) is 35.9 Å². The SMILES string of the molecule is N#CCCCN1CCC(c2ccccc2)CC1. The molecule has 0 amide bonds. The zero-order chi connectivity index (χ0) is 11.9. The summed E-state index contributed by atoms with van der Waals surface area (Å²) in [5.41, 5.74) is 1.49. The van der Waals surface area contributed by atoms with Gasteiger partial charge in [-0.2, -0.15) is 5.26 Å². The number of hydrogen-bond donors (Lipinski definition) is 0. The number of nitriles is 1. The Balaban J connectivity index is 1.77. The molecule has 0 atom stereocenters. The van der Waals surface area contributed by atoms with Crippen molar-refractivity contribution in [3.8, 4) is 6.07 Å². The third-order valence-corrected chi connectivity index (χ3v) is 3.62. The molecule has 1 aromatic carbocycles. The molecular formula is C15H20N2. The van der Waals surface area contributed by atoms with E-state index in [2.05, 4.69) is 41.3 Å². The normalized spacial score (nSPS) is 17.8. The maximum atomic E-state index is 8.52. The molecule has 0 aromatic heterocycles. The Morgan fingerprint density at radius 2 is 1.88 bits per heavy atom. The minimum atomic E-state index is 0.693. The predicted molar refractivity (Wildman–Crippen MR) is 69.7 cm³/mol. The van der Waals surface area contributed by atoms with Crippen LogP contribution in [0.25, 0.3) is 0 Å². The van der Waals surface area contributed by atoms with Crippen LogP contribution in [0, 0.1) is 11.3 Å². The molecule has 0 radical (unpaired) electrons. The summed E-state index contributed by atoms with van der Waals surface area (Å²) in [4.78, 5) is 2.50. The van der Waals surface area contributed by atoms with Crippen molar-refractivity contribution in [2.45, 2.75) is 31.6 Å². The second-order valence-electron chi connectivity index (χ2n) is 4.79. The van der Waals surface area contributed by atoms with Gasteiger partial charge in [0.05, 0.1) is 6.07 Å². The molecule has 0 bridgehead atoms. The molecular weight excluding hydrogens is 208 g/mol. The Hall–Kier alpha value is -1.33. The van der Waals surface area contributed by atoms with Crippen molar-refractivity contribution in [2.24, 2.45) is 0 Å². The van der Waals surface area contributed by atoms with Gasteiger partial charge >= 0.3 is 0 Å². The number of piperidine rings is 1. The van der Waals surface area contributed by atoms with Crippen LogP contribution in [0.4, 0.5) is 0 Å². The molecule has 1 aliphatic heterocycles. The van der Waals surface area contributed by atoms with Crippen LogP contribution in [0.3, 0.4) is 0 Å². The van der Waals surface area contributed by atoms with Crippen molar-refractivity contribution in [3.63, 3.8) is 0 Å². The van der Waals surface area contributed by atoms with Crippen molar-refractivity contribution >= 4 is 0 Å². The topological polar surface area (TPSA) is 27.0 Å². The van der Waals surface area contributed by atoms with Crippen LogP contribution < -0.4 is 0 Å². The molecule has 0 unspecified atom stereocenters.